The number of hydrogen-bond acceptors (Lipinski definition) is 3. The minimum Gasteiger partial charge on any atom is -0.469 e. The SMILES string of the molecule is CCN(CCC(=O)OC)C(=O)C1CCC(C(C)(C)C)CC1. The van der Waals surface area contributed by atoms with E-state index in [1.54, 1.807) is 4.90 Å². The van der Waals surface area contributed by atoms with Crippen LogP contribution in [0.15, 0.2) is 0 Å². The molecule has 0 saturated heterocycles. The number of nitrogens with zero attached hydrogens (tertiary/aromatic N) is 1. The van der Waals surface area contributed by atoms with Crippen molar-refractivity contribution in [3.63, 3.8) is 0 Å². The van der Waals surface area contributed by atoms with Crippen LogP contribution in [0.2, 0.25) is 0 Å². The van der Waals surface area contributed by atoms with Crippen LogP contribution in [-0.2, 0) is 14.3 Å². The van der Waals surface area contributed by atoms with E-state index in [-0.39, 0.29) is 24.2 Å². The zero-order valence-corrected chi connectivity index (χ0v) is 14.3. The molecule has 122 valence electrons. The molecule has 0 spiro atoms. The predicted molar refractivity (Wildman–Crippen MR) is 83.8 cm³/mol. The van der Waals surface area contributed by atoms with E-state index in [1.165, 1.54) is 7.11 Å². The molecule has 21 heavy (non-hydrogen) atoms. The minimum atomic E-state index is -0.252. The van der Waals surface area contributed by atoms with Crippen molar-refractivity contribution in [2.24, 2.45) is 17.3 Å². The molecule has 4 heteroatoms. The largest absolute Gasteiger partial charge is 0.469 e. The fourth-order valence-corrected chi connectivity index (χ4v) is 3.22. The molecule has 1 fully saturated rings. The molecule has 0 aromatic rings. The first-order valence-electron chi connectivity index (χ1n) is 8.15. The van der Waals surface area contributed by atoms with Crippen molar-refractivity contribution in [3.8, 4) is 0 Å². The highest BCUT2D eigenvalue weighted by atomic mass is 16.5. The molecule has 4 nitrogen and oxygen atoms in total. The molecule has 0 aromatic carbocycles. The number of amides is 1. The van der Waals surface area contributed by atoms with E-state index in [0.29, 0.717) is 24.4 Å². The fourth-order valence-electron chi connectivity index (χ4n) is 3.22. The van der Waals surface area contributed by atoms with E-state index in [0.717, 1.165) is 25.7 Å². The number of hydrogen-bond donors (Lipinski definition) is 0. The normalized spacial score (nSPS) is 22.7. The molecule has 1 rings (SSSR count). The predicted octanol–water partition coefficient (Wildman–Crippen LogP) is 3.25. The van der Waals surface area contributed by atoms with Gasteiger partial charge in [0.25, 0.3) is 0 Å². The third kappa shape index (κ3) is 5.33. The average Bonchev–Trinajstić information content (AvgIpc) is 2.46. The summed E-state index contributed by atoms with van der Waals surface area (Å²) in [6, 6.07) is 0. The Morgan fingerprint density at radius 3 is 2.14 bits per heavy atom. The van der Waals surface area contributed by atoms with E-state index < -0.39 is 0 Å². The van der Waals surface area contributed by atoms with Crippen LogP contribution < -0.4 is 0 Å². The Bertz CT molecular complexity index is 352. The van der Waals surface area contributed by atoms with Crippen molar-refractivity contribution in [3.05, 3.63) is 0 Å². The van der Waals surface area contributed by atoms with Gasteiger partial charge in [-0.3, -0.25) is 9.59 Å². The van der Waals surface area contributed by atoms with Gasteiger partial charge < -0.3 is 9.64 Å². The Morgan fingerprint density at radius 2 is 1.71 bits per heavy atom. The molecule has 0 heterocycles. The van der Waals surface area contributed by atoms with Crippen LogP contribution in [0.25, 0.3) is 0 Å². The maximum absolute atomic E-state index is 12.6. The van der Waals surface area contributed by atoms with Crippen LogP contribution in [0, 0.1) is 17.3 Å². The summed E-state index contributed by atoms with van der Waals surface area (Å²) in [7, 11) is 1.38. The molecule has 0 bridgehead atoms. The van der Waals surface area contributed by atoms with E-state index in [1.807, 2.05) is 6.92 Å². The van der Waals surface area contributed by atoms with Crippen molar-refractivity contribution < 1.29 is 14.3 Å². The summed E-state index contributed by atoms with van der Waals surface area (Å²) in [5.74, 6) is 0.819. The Morgan fingerprint density at radius 1 is 1.14 bits per heavy atom. The molecule has 1 amide bonds. The maximum Gasteiger partial charge on any atom is 0.307 e. The maximum atomic E-state index is 12.6. The topological polar surface area (TPSA) is 46.6 Å². The number of methoxy groups -OCH3 is 1. The lowest BCUT2D eigenvalue weighted by Crippen LogP contribution is -2.39. The molecule has 1 aliphatic carbocycles. The quantitative estimate of drug-likeness (QED) is 0.732. The smallest absolute Gasteiger partial charge is 0.307 e. The van der Waals surface area contributed by atoms with Crippen LogP contribution in [-0.4, -0.2) is 37.0 Å². The molecular weight excluding hydrogens is 266 g/mol. The number of esters is 1. The summed E-state index contributed by atoms with van der Waals surface area (Å²) >= 11 is 0. The minimum absolute atomic E-state index is 0.140. The van der Waals surface area contributed by atoms with E-state index in [9.17, 15) is 9.59 Å². The first-order valence-corrected chi connectivity index (χ1v) is 8.15. The third-order valence-electron chi connectivity index (χ3n) is 4.81. The van der Waals surface area contributed by atoms with Crippen molar-refractivity contribution in [2.45, 2.75) is 59.8 Å². The number of rotatable bonds is 5. The second-order valence-electron chi connectivity index (χ2n) is 7.16. The molecule has 1 saturated carbocycles. The summed E-state index contributed by atoms with van der Waals surface area (Å²) in [6.07, 6.45) is 4.52. The summed E-state index contributed by atoms with van der Waals surface area (Å²) in [4.78, 5) is 25.6. The first kappa shape index (κ1) is 18.0. The van der Waals surface area contributed by atoms with Gasteiger partial charge in [-0.2, -0.15) is 0 Å². The van der Waals surface area contributed by atoms with Gasteiger partial charge in [-0.05, 0) is 43.9 Å². The van der Waals surface area contributed by atoms with Gasteiger partial charge in [0.1, 0.15) is 0 Å². The van der Waals surface area contributed by atoms with Crippen LogP contribution in [0.3, 0.4) is 0 Å². The highest BCUT2D eigenvalue weighted by Gasteiger charge is 2.33. The Labute approximate surface area is 129 Å². The van der Waals surface area contributed by atoms with Crippen molar-refractivity contribution >= 4 is 11.9 Å². The second-order valence-corrected chi connectivity index (χ2v) is 7.16. The lowest BCUT2D eigenvalue weighted by Gasteiger charge is -2.37. The van der Waals surface area contributed by atoms with E-state index in [4.69, 9.17) is 0 Å². The monoisotopic (exact) mass is 297 g/mol. The molecule has 1 aliphatic rings. The van der Waals surface area contributed by atoms with Crippen LogP contribution >= 0.6 is 0 Å². The van der Waals surface area contributed by atoms with Gasteiger partial charge in [0.05, 0.1) is 13.5 Å². The number of carbonyl (C=O) groups is 2. The first-order chi connectivity index (χ1) is 9.79. The van der Waals surface area contributed by atoms with Gasteiger partial charge in [0, 0.05) is 19.0 Å². The van der Waals surface area contributed by atoms with Gasteiger partial charge in [-0.1, -0.05) is 20.8 Å². The highest BCUT2D eigenvalue weighted by Crippen LogP contribution is 2.40. The Hall–Kier alpha value is -1.06. The average molecular weight is 297 g/mol. The molecule has 0 radical (unpaired) electrons. The summed E-state index contributed by atoms with van der Waals surface area (Å²) < 4.78 is 4.64. The summed E-state index contributed by atoms with van der Waals surface area (Å²) in [5, 5.41) is 0. The fraction of sp³-hybridized carbons (Fsp3) is 0.882. The molecule has 0 unspecified atom stereocenters. The van der Waals surface area contributed by atoms with Crippen molar-refractivity contribution in [1.29, 1.82) is 0 Å². The van der Waals surface area contributed by atoms with Crippen LogP contribution in [0.1, 0.15) is 59.8 Å². The van der Waals surface area contributed by atoms with Crippen LogP contribution in [0.4, 0.5) is 0 Å². The lowest BCUT2D eigenvalue weighted by atomic mass is 9.69. The molecule has 0 atom stereocenters. The van der Waals surface area contributed by atoms with Gasteiger partial charge in [0.15, 0.2) is 0 Å². The van der Waals surface area contributed by atoms with Gasteiger partial charge in [-0.25, -0.2) is 0 Å². The van der Waals surface area contributed by atoms with Crippen molar-refractivity contribution in [2.75, 3.05) is 20.2 Å². The molecule has 0 aliphatic heterocycles. The Balaban J connectivity index is 2.49. The Kier molecular flexibility index (Phi) is 6.69. The number of ether oxygens (including phenoxy) is 1. The van der Waals surface area contributed by atoms with Gasteiger partial charge in [-0.15, -0.1) is 0 Å². The van der Waals surface area contributed by atoms with Gasteiger partial charge >= 0.3 is 5.97 Å². The highest BCUT2D eigenvalue weighted by molar-refractivity contribution is 5.79. The van der Waals surface area contributed by atoms with E-state index in [2.05, 4.69) is 25.5 Å². The zero-order valence-electron chi connectivity index (χ0n) is 14.3. The molecular formula is C17H31NO3. The van der Waals surface area contributed by atoms with Crippen LogP contribution in [0.5, 0.6) is 0 Å². The zero-order chi connectivity index (χ0) is 16.0. The lowest BCUT2D eigenvalue weighted by molar-refractivity contribution is -0.142. The molecule has 0 aromatic heterocycles. The second kappa shape index (κ2) is 7.81. The van der Waals surface area contributed by atoms with E-state index >= 15 is 0 Å². The summed E-state index contributed by atoms with van der Waals surface area (Å²) in [5.41, 5.74) is 0.337. The number of carbonyl (C=O) groups excluding carboxylic acids is 2. The molecule has 0 N–H and O–H groups in total. The van der Waals surface area contributed by atoms with Crippen molar-refractivity contribution in [1.82, 2.24) is 4.90 Å². The summed E-state index contributed by atoms with van der Waals surface area (Å²) in [6.45, 7) is 9.96. The van der Waals surface area contributed by atoms with Gasteiger partial charge in [0.2, 0.25) is 5.91 Å². The third-order valence-corrected chi connectivity index (χ3v) is 4.81. The standard InChI is InChI=1S/C17H31NO3/c1-6-18(12-11-15(19)21-5)16(20)13-7-9-14(10-8-13)17(2,3)4/h13-14H,6-12H2,1-5H3.